The number of nitrogens with two attached hydrogens (primary N) is 1. The van der Waals surface area contributed by atoms with Crippen LogP contribution in [-0.4, -0.2) is 51.6 Å². The van der Waals surface area contributed by atoms with Gasteiger partial charge in [0.1, 0.15) is 13.1 Å². The summed E-state index contributed by atoms with van der Waals surface area (Å²) in [5.74, 6) is -3.18. The third-order valence-corrected chi connectivity index (χ3v) is 2.63. The second-order valence-corrected chi connectivity index (χ2v) is 3.81. The highest BCUT2D eigenvalue weighted by Gasteiger charge is 2.35. The molecule has 1 amide bonds. The molecule has 0 saturated heterocycles. The maximum atomic E-state index is 12.0. The van der Waals surface area contributed by atoms with Gasteiger partial charge in [-0.3, -0.25) is 14.4 Å². The topological polar surface area (TPSA) is 121 Å². The van der Waals surface area contributed by atoms with Crippen LogP contribution >= 0.6 is 0 Å². The molecule has 0 saturated carbocycles. The molecule has 0 fully saturated rings. The summed E-state index contributed by atoms with van der Waals surface area (Å²) >= 11 is 0. The first kappa shape index (κ1) is 15.4. The molecule has 98 valence electrons. The van der Waals surface area contributed by atoms with Gasteiger partial charge in [0.2, 0.25) is 5.91 Å². The lowest BCUT2D eigenvalue weighted by Gasteiger charge is -2.31. The van der Waals surface area contributed by atoms with E-state index in [0.29, 0.717) is 12.8 Å². The lowest BCUT2D eigenvalue weighted by atomic mass is 9.92. The van der Waals surface area contributed by atoms with Crippen molar-refractivity contribution >= 4 is 17.8 Å². The number of hydrogen-bond donors (Lipinski definition) is 3. The predicted molar refractivity (Wildman–Crippen MR) is 59.4 cm³/mol. The fourth-order valence-corrected chi connectivity index (χ4v) is 1.39. The van der Waals surface area contributed by atoms with Gasteiger partial charge in [0.15, 0.2) is 0 Å². The van der Waals surface area contributed by atoms with Crippen molar-refractivity contribution in [1.82, 2.24) is 4.90 Å². The van der Waals surface area contributed by atoms with Gasteiger partial charge in [-0.2, -0.15) is 0 Å². The molecule has 0 rings (SSSR count). The molecule has 0 unspecified atom stereocenters. The number of amides is 1. The monoisotopic (exact) mass is 246 g/mol. The molecule has 0 aliphatic rings. The van der Waals surface area contributed by atoms with Gasteiger partial charge < -0.3 is 20.8 Å². The Morgan fingerprint density at radius 2 is 1.41 bits per heavy atom. The predicted octanol–water partition coefficient (Wildman–Crippen LogP) is -0.498. The zero-order valence-corrected chi connectivity index (χ0v) is 9.97. The summed E-state index contributed by atoms with van der Waals surface area (Å²) in [6, 6.07) is 0. The lowest BCUT2D eigenvalue weighted by molar-refractivity contribution is -0.151. The number of carbonyl (C=O) groups excluding carboxylic acids is 1. The van der Waals surface area contributed by atoms with E-state index in [9.17, 15) is 14.4 Å². The first-order valence-electron chi connectivity index (χ1n) is 5.28. The van der Waals surface area contributed by atoms with Gasteiger partial charge in [-0.05, 0) is 12.8 Å². The molecular weight excluding hydrogens is 228 g/mol. The Hall–Kier alpha value is -1.63. The minimum atomic E-state index is -1.27. The lowest BCUT2D eigenvalue weighted by Crippen LogP contribution is -2.56. The highest BCUT2D eigenvalue weighted by atomic mass is 16.4. The second kappa shape index (κ2) is 6.19. The van der Waals surface area contributed by atoms with Gasteiger partial charge in [0.05, 0.1) is 5.54 Å². The number of hydrogen-bond acceptors (Lipinski definition) is 4. The van der Waals surface area contributed by atoms with Crippen LogP contribution in [0.4, 0.5) is 0 Å². The highest BCUT2D eigenvalue weighted by molar-refractivity contribution is 5.91. The molecule has 7 heteroatoms. The van der Waals surface area contributed by atoms with Gasteiger partial charge in [-0.1, -0.05) is 13.8 Å². The van der Waals surface area contributed by atoms with Crippen LogP contribution < -0.4 is 5.73 Å². The minimum Gasteiger partial charge on any atom is -0.480 e. The van der Waals surface area contributed by atoms with Crippen molar-refractivity contribution in [1.29, 1.82) is 0 Å². The van der Waals surface area contributed by atoms with Crippen molar-refractivity contribution in [2.75, 3.05) is 13.1 Å². The zero-order valence-electron chi connectivity index (χ0n) is 9.97. The van der Waals surface area contributed by atoms with Crippen LogP contribution in [0.5, 0.6) is 0 Å². The number of carboxylic acids is 2. The summed E-state index contributed by atoms with van der Waals surface area (Å²) in [7, 11) is 0. The molecule has 4 N–H and O–H groups in total. The van der Waals surface area contributed by atoms with E-state index in [0.717, 1.165) is 4.90 Å². The van der Waals surface area contributed by atoms with Crippen LogP contribution in [0.1, 0.15) is 26.7 Å². The summed E-state index contributed by atoms with van der Waals surface area (Å²) in [6.07, 6.45) is 0.635. The van der Waals surface area contributed by atoms with E-state index in [1.54, 1.807) is 13.8 Å². The summed E-state index contributed by atoms with van der Waals surface area (Å²) < 4.78 is 0. The van der Waals surface area contributed by atoms with E-state index < -0.39 is 36.5 Å². The number of carboxylic acid groups (broad SMARTS) is 2. The molecule has 0 aromatic heterocycles. The van der Waals surface area contributed by atoms with Gasteiger partial charge in [0.25, 0.3) is 0 Å². The van der Waals surface area contributed by atoms with E-state index in [2.05, 4.69) is 0 Å². The molecule has 0 aliphatic carbocycles. The first-order valence-corrected chi connectivity index (χ1v) is 5.28. The standard InChI is InChI=1S/C10H18N2O5/c1-3-10(11,4-2)9(17)12(5-7(13)14)6-8(15)16/h3-6,11H2,1-2H3,(H,13,14)(H,15,16). The molecule has 0 aromatic rings. The molecule has 0 radical (unpaired) electrons. The minimum absolute atomic E-state index is 0.318. The molecular formula is C10H18N2O5. The average Bonchev–Trinajstić information content (AvgIpc) is 2.24. The molecule has 0 aromatic carbocycles. The van der Waals surface area contributed by atoms with Gasteiger partial charge >= 0.3 is 11.9 Å². The fourth-order valence-electron chi connectivity index (χ4n) is 1.39. The van der Waals surface area contributed by atoms with Gasteiger partial charge in [-0.15, -0.1) is 0 Å². The fraction of sp³-hybridized carbons (Fsp3) is 0.700. The van der Waals surface area contributed by atoms with Crippen LogP contribution in [0.25, 0.3) is 0 Å². The van der Waals surface area contributed by atoms with Crippen molar-refractivity contribution in [2.45, 2.75) is 32.2 Å². The van der Waals surface area contributed by atoms with Crippen molar-refractivity contribution < 1.29 is 24.6 Å². The summed E-state index contributed by atoms with van der Waals surface area (Å²) in [6.45, 7) is 2.07. The van der Waals surface area contributed by atoms with Crippen molar-refractivity contribution in [3.05, 3.63) is 0 Å². The molecule has 0 aliphatic heterocycles. The van der Waals surface area contributed by atoms with Crippen LogP contribution in [0, 0.1) is 0 Å². The molecule has 7 nitrogen and oxygen atoms in total. The summed E-state index contributed by atoms with van der Waals surface area (Å²) in [4.78, 5) is 33.9. The van der Waals surface area contributed by atoms with E-state index in [4.69, 9.17) is 15.9 Å². The number of aliphatic carboxylic acids is 2. The maximum absolute atomic E-state index is 12.0. The summed E-state index contributed by atoms with van der Waals surface area (Å²) in [5.41, 5.74) is 4.61. The van der Waals surface area contributed by atoms with E-state index in [1.165, 1.54) is 0 Å². The normalized spacial score (nSPS) is 11.0. The van der Waals surface area contributed by atoms with Crippen LogP contribution in [0.2, 0.25) is 0 Å². The number of nitrogens with zero attached hydrogens (tertiary/aromatic N) is 1. The number of carbonyl (C=O) groups is 3. The second-order valence-electron chi connectivity index (χ2n) is 3.81. The Balaban J connectivity index is 4.96. The van der Waals surface area contributed by atoms with E-state index in [-0.39, 0.29) is 0 Å². The molecule has 0 bridgehead atoms. The summed E-state index contributed by atoms with van der Waals surface area (Å²) in [5, 5.41) is 17.3. The third-order valence-electron chi connectivity index (χ3n) is 2.63. The SMILES string of the molecule is CCC(N)(CC)C(=O)N(CC(=O)O)CC(=O)O. The van der Waals surface area contributed by atoms with Crippen molar-refractivity contribution in [3.63, 3.8) is 0 Å². The number of rotatable bonds is 7. The maximum Gasteiger partial charge on any atom is 0.323 e. The Bertz CT molecular complexity index is 296. The van der Waals surface area contributed by atoms with Gasteiger partial charge in [0, 0.05) is 0 Å². The first-order chi connectivity index (χ1) is 7.76. The average molecular weight is 246 g/mol. The molecule has 0 atom stereocenters. The van der Waals surface area contributed by atoms with Crippen LogP contribution in [-0.2, 0) is 14.4 Å². The van der Waals surface area contributed by atoms with Crippen LogP contribution in [0.3, 0.4) is 0 Å². The zero-order chi connectivity index (χ0) is 13.6. The molecule has 0 heterocycles. The van der Waals surface area contributed by atoms with Crippen LogP contribution in [0.15, 0.2) is 0 Å². The highest BCUT2D eigenvalue weighted by Crippen LogP contribution is 2.15. The Morgan fingerprint density at radius 3 is 1.65 bits per heavy atom. The molecule has 17 heavy (non-hydrogen) atoms. The Labute approximate surface area is 99.2 Å². The van der Waals surface area contributed by atoms with Crippen molar-refractivity contribution in [2.24, 2.45) is 5.73 Å². The molecule has 0 spiro atoms. The van der Waals surface area contributed by atoms with E-state index in [1.807, 2.05) is 0 Å². The third kappa shape index (κ3) is 4.39. The van der Waals surface area contributed by atoms with E-state index >= 15 is 0 Å². The van der Waals surface area contributed by atoms with Crippen molar-refractivity contribution in [3.8, 4) is 0 Å². The smallest absolute Gasteiger partial charge is 0.323 e. The Morgan fingerprint density at radius 1 is 1.06 bits per heavy atom. The Kier molecular flexibility index (Phi) is 5.60. The quantitative estimate of drug-likeness (QED) is 0.557. The van der Waals surface area contributed by atoms with Gasteiger partial charge in [-0.25, -0.2) is 0 Å². The largest absolute Gasteiger partial charge is 0.480 e.